The van der Waals surface area contributed by atoms with Gasteiger partial charge in [0.25, 0.3) is 0 Å². The highest BCUT2D eigenvalue weighted by atomic mass is 15.0. The van der Waals surface area contributed by atoms with E-state index in [1.807, 2.05) is 0 Å². The predicted molar refractivity (Wildman–Crippen MR) is 286 cm³/mol. The van der Waals surface area contributed by atoms with Crippen LogP contribution in [0, 0.1) is 13.8 Å². The fourth-order valence-electron chi connectivity index (χ4n) is 11.4. The largest absolute Gasteiger partial charge is 0.309 e. The Morgan fingerprint density at radius 2 is 0.926 bits per heavy atom. The van der Waals surface area contributed by atoms with E-state index in [2.05, 4.69) is 261 Å². The summed E-state index contributed by atoms with van der Waals surface area (Å²) in [4.78, 5) is 0. The van der Waals surface area contributed by atoms with Crippen molar-refractivity contribution in [3.8, 4) is 39.1 Å². The molecule has 0 saturated heterocycles. The van der Waals surface area contributed by atoms with Crippen molar-refractivity contribution in [2.75, 3.05) is 0 Å². The molecule has 1 aliphatic rings. The van der Waals surface area contributed by atoms with Gasteiger partial charge in [-0.2, -0.15) is 0 Å². The molecule has 0 saturated carbocycles. The molecule has 12 rings (SSSR count). The first-order chi connectivity index (χ1) is 33.5. The van der Waals surface area contributed by atoms with Crippen LogP contribution in [-0.2, 0) is 18.3 Å². The zero-order chi connectivity index (χ0) is 45.6. The van der Waals surface area contributed by atoms with E-state index in [0.717, 1.165) is 19.3 Å². The fraction of sp³-hybridized carbons (Fsp3) is 0.104. The molecule has 1 unspecified atom stereocenters. The van der Waals surface area contributed by atoms with Gasteiger partial charge < -0.3 is 4.57 Å². The van der Waals surface area contributed by atoms with Crippen LogP contribution in [0.15, 0.2) is 243 Å². The van der Waals surface area contributed by atoms with Crippen molar-refractivity contribution in [2.24, 2.45) is 0 Å². The molecular formula is C67H53N. The van der Waals surface area contributed by atoms with Crippen molar-refractivity contribution < 1.29 is 0 Å². The van der Waals surface area contributed by atoms with Crippen molar-refractivity contribution in [3.63, 3.8) is 0 Å². The molecule has 1 nitrogen and oxygen atoms in total. The second-order valence-corrected chi connectivity index (χ2v) is 18.9. The minimum absolute atomic E-state index is 0.346. The summed E-state index contributed by atoms with van der Waals surface area (Å²) >= 11 is 0. The van der Waals surface area contributed by atoms with Crippen molar-refractivity contribution in [1.82, 2.24) is 4.57 Å². The van der Waals surface area contributed by atoms with Gasteiger partial charge in [-0.05, 0) is 124 Å². The monoisotopic (exact) mass is 871 g/mol. The SMILES string of the molecule is Cc1ccc(C2(c3ccc(C)cc3)c3cc(CCC(Cc4ccccc4)c4ccc(-c5ccc(-c6ccccc6)cc5)cc4)ccc3-c3c(-n4c5ccccc5c5ccccc54)cccc32)cc1. The minimum atomic E-state index is -0.532. The summed E-state index contributed by atoms with van der Waals surface area (Å²) in [7, 11) is 0. The minimum Gasteiger partial charge on any atom is -0.309 e. The molecule has 0 aliphatic heterocycles. The predicted octanol–water partition coefficient (Wildman–Crippen LogP) is 17.1. The number of nitrogens with zero attached hydrogens (tertiary/aromatic N) is 1. The first kappa shape index (κ1) is 41.4. The average molecular weight is 872 g/mol. The highest BCUT2D eigenvalue weighted by Crippen LogP contribution is 2.58. The van der Waals surface area contributed by atoms with Crippen molar-refractivity contribution in [1.29, 1.82) is 0 Å². The number of hydrogen-bond donors (Lipinski definition) is 0. The molecule has 68 heavy (non-hydrogen) atoms. The Hall–Kier alpha value is -8.00. The third-order valence-electron chi connectivity index (χ3n) is 14.8. The normalized spacial score (nSPS) is 13.1. The second kappa shape index (κ2) is 17.3. The standard InChI is InChI=1S/C67H53N/c1-46-24-39-56(40-25-46)67(57-41-26-47(2)27-42-57)61-20-13-23-65(68-63-21-11-9-18-58(63)59-19-10-12-22-64(59)68)66(61)60-43-29-49(45-62(60)67)28-30-55(44-48-14-5-3-6-15-48)54-37-35-53(36-38-54)52-33-31-51(32-34-52)50-16-7-4-8-17-50/h3-27,29,31-43,45,55H,28,30,44H2,1-2H3. The molecule has 10 aromatic carbocycles. The first-order valence-electron chi connectivity index (χ1n) is 24.2. The van der Waals surface area contributed by atoms with Gasteiger partial charge in [0.1, 0.15) is 0 Å². The van der Waals surface area contributed by atoms with Crippen LogP contribution in [0.3, 0.4) is 0 Å². The Morgan fingerprint density at radius 3 is 1.51 bits per heavy atom. The van der Waals surface area contributed by atoms with E-state index in [0.29, 0.717) is 5.92 Å². The van der Waals surface area contributed by atoms with Gasteiger partial charge in [0.05, 0.1) is 22.1 Å². The molecule has 0 N–H and O–H groups in total. The van der Waals surface area contributed by atoms with Gasteiger partial charge in [0.15, 0.2) is 0 Å². The maximum absolute atomic E-state index is 2.58. The number of benzene rings is 10. The van der Waals surface area contributed by atoms with E-state index in [1.54, 1.807) is 0 Å². The average Bonchev–Trinajstić information content (AvgIpc) is 3.89. The van der Waals surface area contributed by atoms with Gasteiger partial charge in [-0.15, -0.1) is 0 Å². The van der Waals surface area contributed by atoms with Crippen LogP contribution in [0.2, 0.25) is 0 Å². The van der Waals surface area contributed by atoms with E-state index >= 15 is 0 Å². The Labute approximate surface area is 400 Å². The molecule has 0 bridgehead atoms. The van der Waals surface area contributed by atoms with Gasteiger partial charge in [0, 0.05) is 16.3 Å². The molecule has 326 valence electrons. The summed E-state index contributed by atoms with van der Waals surface area (Å²) in [6.45, 7) is 4.39. The maximum Gasteiger partial charge on any atom is 0.0714 e. The number of aromatic nitrogens is 1. The highest BCUT2D eigenvalue weighted by Gasteiger charge is 2.47. The summed E-state index contributed by atoms with van der Waals surface area (Å²) in [5.41, 5.74) is 22.6. The van der Waals surface area contributed by atoms with Crippen LogP contribution in [0.4, 0.5) is 0 Å². The second-order valence-electron chi connectivity index (χ2n) is 18.9. The molecule has 0 radical (unpaired) electrons. The summed E-state index contributed by atoms with van der Waals surface area (Å²) in [5, 5.41) is 2.55. The van der Waals surface area contributed by atoms with E-state index in [-0.39, 0.29) is 0 Å². The first-order valence-corrected chi connectivity index (χ1v) is 24.2. The Bertz CT molecular complexity index is 3460. The fourth-order valence-corrected chi connectivity index (χ4v) is 11.4. The molecule has 1 aliphatic carbocycles. The van der Waals surface area contributed by atoms with Gasteiger partial charge in [-0.1, -0.05) is 236 Å². The molecular weight excluding hydrogens is 819 g/mol. The summed E-state index contributed by atoms with van der Waals surface area (Å²) in [6.07, 6.45) is 2.98. The molecule has 1 aromatic heterocycles. The molecule has 11 aromatic rings. The number of hydrogen-bond acceptors (Lipinski definition) is 0. The van der Waals surface area contributed by atoms with Crippen LogP contribution in [0.25, 0.3) is 60.9 Å². The van der Waals surface area contributed by atoms with E-state index in [4.69, 9.17) is 0 Å². The topological polar surface area (TPSA) is 4.93 Å². The van der Waals surface area contributed by atoms with Crippen molar-refractivity contribution in [3.05, 3.63) is 293 Å². The Morgan fingerprint density at radius 1 is 0.412 bits per heavy atom. The number of rotatable bonds is 11. The van der Waals surface area contributed by atoms with Crippen molar-refractivity contribution in [2.45, 2.75) is 44.4 Å². The van der Waals surface area contributed by atoms with E-state index in [9.17, 15) is 0 Å². The number of aryl methyl sites for hydroxylation is 3. The summed E-state index contributed by atoms with van der Waals surface area (Å²) in [6, 6.07) is 91.0. The molecule has 1 atom stereocenters. The maximum atomic E-state index is 2.58. The summed E-state index contributed by atoms with van der Waals surface area (Å²) < 4.78 is 2.51. The van der Waals surface area contributed by atoms with Crippen LogP contribution in [-0.4, -0.2) is 4.57 Å². The summed E-state index contributed by atoms with van der Waals surface area (Å²) in [5.74, 6) is 0.346. The lowest BCUT2D eigenvalue weighted by Gasteiger charge is -2.34. The van der Waals surface area contributed by atoms with E-state index < -0.39 is 5.41 Å². The van der Waals surface area contributed by atoms with Crippen molar-refractivity contribution >= 4 is 21.8 Å². The van der Waals surface area contributed by atoms with Crippen LogP contribution < -0.4 is 0 Å². The third-order valence-corrected chi connectivity index (χ3v) is 14.8. The Balaban J connectivity index is 0.971. The quantitative estimate of drug-likeness (QED) is 0.122. The molecule has 1 heteroatoms. The smallest absolute Gasteiger partial charge is 0.0714 e. The number of fused-ring (bicyclic) bond motifs is 6. The lowest BCUT2D eigenvalue weighted by molar-refractivity contribution is 0.620. The zero-order valence-corrected chi connectivity index (χ0v) is 38.7. The zero-order valence-electron chi connectivity index (χ0n) is 38.7. The number of para-hydroxylation sites is 2. The molecule has 0 fully saturated rings. The lowest BCUT2D eigenvalue weighted by Crippen LogP contribution is -2.29. The van der Waals surface area contributed by atoms with E-state index in [1.165, 1.54) is 111 Å². The van der Waals surface area contributed by atoms with Crippen LogP contribution in [0.5, 0.6) is 0 Å². The van der Waals surface area contributed by atoms with Crippen LogP contribution >= 0.6 is 0 Å². The van der Waals surface area contributed by atoms with Crippen LogP contribution in [0.1, 0.15) is 62.4 Å². The molecule has 1 heterocycles. The molecule has 0 spiro atoms. The third kappa shape index (κ3) is 7.18. The van der Waals surface area contributed by atoms with Gasteiger partial charge in [-0.25, -0.2) is 0 Å². The Kier molecular flexibility index (Phi) is 10.6. The highest BCUT2D eigenvalue weighted by molar-refractivity contribution is 6.10. The van der Waals surface area contributed by atoms with Gasteiger partial charge in [-0.3, -0.25) is 0 Å². The lowest BCUT2D eigenvalue weighted by atomic mass is 9.67. The van der Waals surface area contributed by atoms with Gasteiger partial charge >= 0.3 is 0 Å². The molecule has 0 amide bonds. The van der Waals surface area contributed by atoms with Gasteiger partial charge in [0.2, 0.25) is 0 Å².